The van der Waals surface area contributed by atoms with Crippen LogP contribution in [0.2, 0.25) is 0 Å². The summed E-state index contributed by atoms with van der Waals surface area (Å²) in [5.74, 6) is 0. The molecule has 0 aliphatic heterocycles. The van der Waals surface area contributed by atoms with Crippen molar-refractivity contribution in [2.45, 2.75) is 26.7 Å². The maximum absolute atomic E-state index is 10.7. The Kier molecular flexibility index (Phi) is 6.06. The van der Waals surface area contributed by atoms with Crippen LogP contribution in [0.4, 0.5) is 0 Å². The normalized spacial score (nSPS) is 13.9. The number of rotatable bonds is 8. The Morgan fingerprint density at radius 1 is 0.824 bits per heavy atom. The van der Waals surface area contributed by atoms with E-state index in [-0.39, 0.29) is 18.6 Å². The van der Waals surface area contributed by atoms with E-state index in [1.165, 1.54) is 0 Å². The van der Waals surface area contributed by atoms with Crippen molar-refractivity contribution >= 4 is 20.2 Å². The summed E-state index contributed by atoms with van der Waals surface area (Å²) in [6.07, 6.45) is 3.00. The Morgan fingerprint density at radius 3 is 1.35 bits per heavy atom. The molecule has 0 saturated heterocycles. The van der Waals surface area contributed by atoms with E-state index in [2.05, 4.69) is 8.37 Å². The zero-order valence-corrected chi connectivity index (χ0v) is 12.2. The second kappa shape index (κ2) is 6.12. The highest BCUT2D eigenvalue weighted by Gasteiger charge is 2.19. The molecule has 0 rings (SSSR count). The van der Waals surface area contributed by atoms with Crippen LogP contribution in [0.3, 0.4) is 0 Å². The maximum atomic E-state index is 10.7. The van der Waals surface area contributed by atoms with Gasteiger partial charge in [-0.05, 0) is 18.3 Å². The largest absolute Gasteiger partial charge is 0.270 e. The fourth-order valence-corrected chi connectivity index (χ4v) is 1.84. The van der Waals surface area contributed by atoms with Crippen molar-refractivity contribution in [3.63, 3.8) is 0 Å². The minimum absolute atomic E-state index is 0.0880. The summed E-state index contributed by atoms with van der Waals surface area (Å²) in [6, 6.07) is 0. The molecule has 0 aromatic heterocycles. The maximum Gasteiger partial charge on any atom is 0.264 e. The first-order valence-electron chi connectivity index (χ1n) is 5.10. The van der Waals surface area contributed by atoms with Gasteiger partial charge in [0.05, 0.1) is 25.7 Å². The Labute approximate surface area is 104 Å². The van der Waals surface area contributed by atoms with E-state index in [1.54, 1.807) is 0 Å². The van der Waals surface area contributed by atoms with Crippen LogP contribution in [0.5, 0.6) is 0 Å². The third-order valence-electron chi connectivity index (χ3n) is 2.15. The van der Waals surface area contributed by atoms with Crippen LogP contribution < -0.4 is 0 Å². The zero-order valence-electron chi connectivity index (χ0n) is 10.6. The first-order valence-corrected chi connectivity index (χ1v) is 8.73. The molecule has 0 N–H and O–H groups in total. The van der Waals surface area contributed by atoms with Crippen molar-refractivity contribution < 1.29 is 25.2 Å². The van der Waals surface area contributed by atoms with Gasteiger partial charge in [-0.2, -0.15) is 16.8 Å². The molecular weight excluding hydrogens is 268 g/mol. The minimum atomic E-state index is -3.42. The summed E-state index contributed by atoms with van der Waals surface area (Å²) in [7, 11) is -6.83. The lowest BCUT2D eigenvalue weighted by atomic mass is 9.86. The minimum Gasteiger partial charge on any atom is -0.270 e. The van der Waals surface area contributed by atoms with E-state index in [0.29, 0.717) is 12.8 Å². The van der Waals surface area contributed by atoms with Gasteiger partial charge in [0.25, 0.3) is 20.2 Å². The fraction of sp³-hybridized carbons (Fsp3) is 1.00. The predicted molar refractivity (Wildman–Crippen MR) is 64.6 cm³/mol. The van der Waals surface area contributed by atoms with Crippen LogP contribution >= 0.6 is 0 Å². The summed E-state index contributed by atoms with van der Waals surface area (Å²) < 4.78 is 52.2. The molecule has 0 aliphatic carbocycles. The first-order chi connectivity index (χ1) is 7.41. The summed E-state index contributed by atoms with van der Waals surface area (Å²) in [5, 5.41) is 0. The molecule has 0 aromatic carbocycles. The van der Waals surface area contributed by atoms with Gasteiger partial charge in [0.1, 0.15) is 0 Å². The molecule has 0 heterocycles. The Balaban J connectivity index is 3.96. The smallest absolute Gasteiger partial charge is 0.264 e. The average Bonchev–Trinajstić information content (AvgIpc) is 1.96. The highest BCUT2D eigenvalue weighted by Crippen LogP contribution is 2.25. The second-order valence-electron chi connectivity index (χ2n) is 4.72. The number of hydrogen-bond donors (Lipinski definition) is 0. The number of hydrogen-bond acceptors (Lipinski definition) is 6. The zero-order chi connectivity index (χ0) is 13.7. The topological polar surface area (TPSA) is 86.7 Å². The van der Waals surface area contributed by atoms with Gasteiger partial charge < -0.3 is 0 Å². The molecular formula is C9H20O6S2. The molecule has 0 spiro atoms. The molecule has 0 atom stereocenters. The van der Waals surface area contributed by atoms with Crippen LogP contribution in [0.25, 0.3) is 0 Å². The van der Waals surface area contributed by atoms with E-state index >= 15 is 0 Å². The lowest BCUT2D eigenvalue weighted by molar-refractivity contribution is 0.188. The van der Waals surface area contributed by atoms with Gasteiger partial charge in [0.2, 0.25) is 0 Å². The van der Waals surface area contributed by atoms with Gasteiger partial charge in [0, 0.05) is 0 Å². The van der Waals surface area contributed by atoms with Crippen molar-refractivity contribution in [2.75, 3.05) is 25.7 Å². The summed E-state index contributed by atoms with van der Waals surface area (Å²) in [6.45, 7) is 3.96. The molecule has 0 radical (unpaired) electrons. The van der Waals surface area contributed by atoms with E-state index in [4.69, 9.17) is 0 Å². The quantitative estimate of drug-likeness (QED) is 0.612. The molecule has 0 bridgehead atoms. The van der Waals surface area contributed by atoms with E-state index in [9.17, 15) is 16.8 Å². The molecule has 8 heteroatoms. The molecule has 0 aliphatic rings. The summed E-state index contributed by atoms with van der Waals surface area (Å²) in [5.41, 5.74) is -0.241. The van der Waals surface area contributed by atoms with Gasteiger partial charge in [-0.1, -0.05) is 13.8 Å². The molecule has 0 fully saturated rings. The van der Waals surface area contributed by atoms with Crippen LogP contribution in [-0.4, -0.2) is 42.6 Å². The lowest BCUT2D eigenvalue weighted by Gasteiger charge is -2.23. The van der Waals surface area contributed by atoms with Crippen LogP contribution in [0, 0.1) is 5.41 Å². The lowest BCUT2D eigenvalue weighted by Crippen LogP contribution is -2.19. The molecule has 17 heavy (non-hydrogen) atoms. The molecule has 0 aromatic rings. The Hall–Kier alpha value is -0.180. The van der Waals surface area contributed by atoms with Gasteiger partial charge >= 0.3 is 0 Å². The van der Waals surface area contributed by atoms with Crippen molar-refractivity contribution in [3.05, 3.63) is 0 Å². The average molecular weight is 288 g/mol. The summed E-state index contributed by atoms with van der Waals surface area (Å²) >= 11 is 0. The second-order valence-corrected chi connectivity index (χ2v) is 8.00. The Morgan fingerprint density at radius 2 is 1.12 bits per heavy atom. The van der Waals surface area contributed by atoms with Gasteiger partial charge in [-0.15, -0.1) is 0 Å². The highest BCUT2D eigenvalue weighted by atomic mass is 32.2. The van der Waals surface area contributed by atoms with Gasteiger partial charge in [-0.3, -0.25) is 8.37 Å². The van der Waals surface area contributed by atoms with Crippen molar-refractivity contribution in [3.8, 4) is 0 Å². The molecule has 6 nitrogen and oxygen atoms in total. The monoisotopic (exact) mass is 288 g/mol. The molecule has 0 saturated carbocycles. The van der Waals surface area contributed by atoms with Crippen molar-refractivity contribution in [1.82, 2.24) is 0 Å². The van der Waals surface area contributed by atoms with E-state index < -0.39 is 20.2 Å². The van der Waals surface area contributed by atoms with Crippen LogP contribution in [-0.2, 0) is 28.6 Å². The molecule has 0 amide bonds. The van der Waals surface area contributed by atoms with Crippen LogP contribution in [0.1, 0.15) is 26.7 Å². The van der Waals surface area contributed by atoms with Crippen molar-refractivity contribution in [2.24, 2.45) is 5.41 Å². The fourth-order valence-electron chi connectivity index (χ4n) is 1.06. The Bertz CT molecular complexity index is 380. The molecule has 104 valence electrons. The predicted octanol–water partition coefficient (Wildman–Crippen LogP) is 0.745. The molecule has 0 unspecified atom stereocenters. The highest BCUT2D eigenvalue weighted by molar-refractivity contribution is 7.86. The van der Waals surface area contributed by atoms with E-state index in [1.807, 2.05) is 13.8 Å². The third kappa shape index (κ3) is 12.1. The van der Waals surface area contributed by atoms with Gasteiger partial charge in [0.15, 0.2) is 0 Å². The SMILES string of the molecule is CC(C)(CCOS(C)(=O)=O)CCOS(C)(=O)=O. The first kappa shape index (κ1) is 16.8. The third-order valence-corrected chi connectivity index (χ3v) is 3.34. The van der Waals surface area contributed by atoms with Gasteiger partial charge in [-0.25, -0.2) is 0 Å². The van der Waals surface area contributed by atoms with Crippen LogP contribution in [0.15, 0.2) is 0 Å². The summed E-state index contributed by atoms with van der Waals surface area (Å²) in [4.78, 5) is 0. The van der Waals surface area contributed by atoms with Crippen molar-refractivity contribution in [1.29, 1.82) is 0 Å². The van der Waals surface area contributed by atoms with E-state index in [0.717, 1.165) is 12.5 Å². The standard InChI is InChI=1S/C9H20O6S2/c1-9(2,5-7-14-16(3,10)11)6-8-15-17(4,12)13/h5-8H2,1-4H3.